The second-order valence-electron chi connectivity index (χ2n) is 6.69. The van der Waals surface area contributed by atoms with Crippen LogP contribution in [0.2, 0.25) is 0 Å². The SMILES string of the molecule is CCn1cc(-c2ccnc(Nc3c(C)cc(O)cc3C)n2)c2ccccc21. The molecule has 0 radical (unpaired) electrons. The molecule has 0 saturated carbocycles. The summed E-state index contributed by atoms with van der Waals surface area (Å²) < 4.78 is 2.23. The molecule has 0 aliphatic rings. The molecule has 5 nitrogen and oxygen atoms in total. The van der Waals surface area contributed by atoms with Crippen LogP contribution in [0.3, 0.4) is 0 Å². The lowest BCUT2D eigenvalue weighted by Crippen LogP contribution is -2.01. The van der Waals surface area contributed by atoms with E-state index in [1.165, 1.54) is 10.9 Å². The number of phenols is 1. The number of nitrogens with zero attached hydrogens (tertiary/aromatic N) is 3. The van der Waals surface area contributed by atoms with Crippen molar-refractivity contribution in [3.63, 3.8) is 0 Å². The van der Waals surface area contributed by atoms with E-state index in [1.54, 1.807) is 18.3 Å². The molecule has 0 spiro atoms. The lowest BCUT2D eigenvalue weighted by Gasteiger charge is -2.12. The van der Waals surface area contributed by atoms with Gasteiger partial charge < -0.3 is 15.0 Å². The standard InChI is InChI=1S/C22H22N4O/c1-4-26-13-18(17-7-5-6-8-20(17)26)19-9-10-23-22(24-19)25-21-14(2)11-16(27)12-15(21)3/h5-13,27H,4H2,1-3H3,(H,23,24,25). The summed E-state index contributed by atoms with van der Waals surface area (Å²) in [7, 11) is 0. The second kappa shape index (κ2) is 6.76. The molecule has 2 aromatic carbocycles. The monoisotopic (exact) mass is 358 g/mol. The van der Waals surface area contributed by atoms with E-state index in [1.807, 2.05) is 19.9 Å². The molecule has 0 saturated heterocycles. The zero-order valence-electron chi connectivity index (χ0n) is 15.7. The molecule has 0 unspecified atom stereocenters. The van der Waals surface area contributed by atoms with Gasteiger partial charge in [-0.05, 0) is 56.2 Å². The molecule has 2 aromatic heterocycles. The van der Waals surface area contributed by atoms with Crippen molar-refractivity contribution in [2.45, 2.75) is 27.3 Å². The van der Waals surface area contributed by atoms with Crippen LogP contribution in [0.15, 0.2) is 54.9 Å². The van der Waals surface area contributed by atoms with Gasteiger partial charge in [0.1, 0.15) is 5.75 Å². The molecule has 27 heavy (non-hydrogen) atoms. The summed E-state index contributed by atoms with van der Waals surface area (Å²) in [6, 6.07) is 13.8. The van der Waals surface area contributed by atoms with E-state index in [0.29, 0.717) is 5.95 Å². The van der Waals surface area contributed by atoms with Crippen LogP contribution in [0, 0.1) is 13.8 Å². The Labute approximate surface area is 158 Å². The fourth-order valence-electron chi connectivity index (χ4n) is 3.53. The van der Waals surface area contributed by atoms with Crippen molar-refractivity contribution in [1.29, 1.82) is 0 Å². The fourth-order valence-corrected chi connectivity index (χ4v) is 3.53. The Kier molecular flexibility index (Phi) is 4.28. The molecule has 136 valence electrons. The average Bonchev–Trinajstić information content (AvgIpc) is 3.04. The Balaban J connectivity index is 1.76. The molecular formula is C22H22N4O. The highest BCUT2D eigenvalue weighted by atomic mass is 16.3. The number of para-hydroxylation sites is 1. The van der Waals surface area contributed by atoms with Gasteiger partial charge in [0.05, 0.1) is 5.69 Å². The smallest absolute Gasteiger partial charge is 0.227 e. The predicted molar refractivity (Wildman–Crippen MR) is 110 cm³/mol. The highest BCUT2D eigenvalue weighted by Crippen LogP contribution is 2.31. The van der Waals surface area contributed by atoms with E-state index >= 15 is 0 Å². The van der Waals surface area contributed by atoms with Crippen molar-refractivity contribution in [3.05, 3.63) is 66.0 Å². The minimum Gasteiger partial charge on any atom is -0.508 e. The highest BCUT2D eigenvalue weighted by molar-refractivity contribution is 5.95. The first-order valence-electron chi connectivity index (χ1n) is 9.05. The van der Waals surface area contributed by atoms with E-state index in [4.69, 9.17) is 4.98 Å². The van der Waals surface area contributed by atoms with Crippen molar-refractivity contribution in [2.24, 2.45) is 0 Å². The number of aromatic nitrogens is 3. The van der Waals surface area contributed by atoms with Crippen LogP contribution in [-0.4, -0.2) is 19.6 Å². The number of anilines is 2. The van der Waals surface area contributed by atoms with Gasteiger partial charge in [0.15, 0.2) is 0 Å². The van der Waals surface area contributed by atoms with Crippen LogP contribution in [0.1, 0.15) is 18.1 Å². The minimum absolute atomic E-state index is 0.262. The minimum atomic E-state index is 0.262. The van der Waals surface area contributed by atoms with Gasteiger partial charge in [0.25, 0.3) is 0 Å². The molecule has 4 rings (SSSR count). The summed E-state index contributed by atoms with van der Waals surface area (Å²) in [5.74, 6) is 0.801. The normalized spacial score (nSPS) is 11.1. The van der Waals surface area contributed by atoms with E-state index in [0.717, 1.165) is 34.6 Å². The zero-order valence-corrected chi connectivity index (χ0v) is 15.7. The summed E-state index contributed by atoms with van der Waals surface area (Å²) in [6.45, 7) is 6.95. The zero-order chi connectivity index (χ0) is 19.0. The Hall–Kier alpha value is -3.34. The van der Waals surface area contributed by atoms with Crippen molar-refractivity contribution in [1.82, 2.24) is 14.5 Å². The summed E-state index contributed by atoms with van der Waals surface area (Å²) in [4.78, 5) is 9.12. The van der Waals surface area contributed by atoms with Gasteiger partial charge in [-0.3, -0.25) is 0 Å². The maximum atomic E-state index is 9.74. The number of phenolic OH excluding ortho intramolecular Hbond substituents is 1. The van der Waals surface area contributed by atoms with E-state index in [9.17, 15) is 5.11 Å². The third-order valence-corrected chi connectivity index (χ3v) is 4.82. The second-order valence-corrected chi connectivity index (χ2v) is 6.69. The van der Waals surface area contributed by atoms with E-state index in [2.05, 4.69) is 52.3 Å². The number of hydrogen-bond donors (Lipinski definition) is 2. The molecule has 0 fully saturated rings. The lowest BCUT2D eigenvalue weighted by molar-refractivity contribution is 0.474. The first-order valence-corrected chi connectivity index (χ1v) is 9.05. The van der Waals surface area contributed by atoms with Crippen molar-refractivity contribution in [2.75, 3.05) is 5.32 Å². The van der Waals surface area contributed by atoms with Crippen molar-refractivity contribution < 1.29 is 5.11 Å². The molecular weight excluding hydrogens is 336 g/mol. The largest absolute Gasteiger partial charge is 0.508 e. The third-order valence-electron chi connectivity index (χ3n) is 4.82. The van der Waals surface area contributed by atoms with Crippen LogP contribution in [0.4, 0.5) is 11.6 Å². The molecule has 0 atom stereocenters. The summed E-state index contributed by atoms with van der Waals surface area (Å²) in [5.41, 5.74) is 5.99. The van der Waals surface area contributed by atoms with Gasteiger partial charge in [-0.15, -0.1) is 0 Å². The summed E-state index contributed by atoms with van der Waals surface area (Å²) in [5, 5.41) is 14.2. The number of hydrogen-bond acceptors (Lipinski definition) is 4. The van der Waals surface area contributed by atoms with Gasteiger partial charge in [-0.1, -0.05) is 18.2 Å². The molecule has 0 aliphatic heterocycles. The van der Waals surface area contributed by atoms with Crippen LogP contribution >= 0.6 is 0 Å². The van der Waals surface area contributed by atoms with E-state index < -0.39 is 0 Å². The number of aromatic hydroxyl groups is 1. The first kappa shape index (κ1) is 17.1. The van der Waals surface area contributed by atoms with Crippen LogP contribution < -0.4 is 5.32 Å². The van der Waals surface area contributed by atoms with Gasteiger partial charge in [0.2, 0.25) is 5.95 Å². The van der Waals surface area contributed by atoms with Crippen molar-refractivity contribution >= 4 is 22.5 Å². The number of rotatable bonds is 4. The number of benzene rings is 2. The summed E-state index contributed by atoms with van der Waals surface area (Å²) >= 11 is 0. The number of nitrogens with one attached hydrogen (secondary N) is 1. The predicted octanol–water partition coefficient (Wildman–Crippen LogP) is 5.18. The highest BCUT2D eigenvalue weighted by Gasteiger charge is 2.12. The average molecular weight is 358 g/mol. The molecule has 5 heteroatoms. The van der Waals surface area contributed by atoms with Gasteiger partial charge >= 0.3 is 0 Å². The Bertz CT molecular complexity index is 1110. The number of aryl methyl sites for hydroxylation is 3. The summed E-state index contributed by atoms with van der Waals surface area (Å²) in [6.07, 6.45) is 3.92. The maximum Gasteiger partial charge on any atom is 0.227 e. The van der Waals surface area contributed by atoms with E-state index in [-0.39, 0.29) is 5.75 Å². The van der Waals surface area contributed by atoms with Gasteiger partial charge in [0, 0.05) is 41.1 Å². The topological polar surface area (TPSA) is 63.0 Å². The first-order chi connectivity index (χ1) is 13.1. The van der Waals surface area contributed by atoms with Gasteiger partial charge in [-0.2, -0.15) is 0 Å². The molecule has 2 N–H and O–H groups in total. The third kappa shape index (κ3) is 3.12. The Morgan fingerprint density at radius 3 is 2.56 bits per heavy atom. The van der Waals surface area contributed by atoms with Crippen LogP contribution in [0.25, 0.3) is 22.2 Å². The van der Waals surface area contributed by atoms with Gasteiger partial charge in [-0.25, -0.2) is 9.97 Å². The van der Waals surface area contributed by atoms with Crippen molar-refractivity contribution in [3.8, 4) is 17.0 Å². The Morgan fingerprint density at radius 2 is 1.81 bits per heavy atom. The molecule has 0 amide bonds. The number of fused-ring (bicyclic) bond motifs is 1. The molecule has 4 aromatic rings. The quantitative estimate of drug-likeness (QED) is 0.493. The lowest BCUT2D eigenvalue weighted by atomic mass is 10.1. The van der Waals surface area contributed by atoms with Crippen LogP contribution in [0.5, 0.6) is 5.75 Å². The van der Waals surface area contributed by atoms with Crippen LogP contribution in [-0.2, 0) is 6.54 Å². The fraction of sp³-hybridized carbons (Fsp3) is 0.182. The molecule has 0 aliphatic carbocycles. The Morgan fingerprint density at radius 1 is 1.07 bits per heavy atom. The molecule has 0 bridgehead atoms. The maximum absolute atomic E-state index is 9.74. The molecule has 2 heterocycles.